The van der Waals surface area contributed by atoms with E-state index in [1.165, 1.54) is 17.7 Å². The van der Waals surface area contributed by atoms with E-state index in [0.29, 0.717) is 12.6 Å². The second-order valence-electron chi connectivity index (χ2n) is 4.37. The fraction of sp³-hybridized carbons (Fsp3) is 0.750. The molecule has 2 heterocycles. The lowest BCUT2D eigenvalue weighted by Gasteiger charge is -2.32. The smallest absolute Gasteiger partial charge is 0.185 e. The molecule has 1 atom stereocenters. The van der Waals surface area contributed by atoms with Gasteiger partial charge in [0.2, 0.25) is 0 Å². The number of hydrogen-bond acceptors (Lipinski definition) is 5. The van der Waals surface area contributed by atoms with Gasteiger partial charge >= 0.3 is 0 Å². The summed E-state index contributed by atoms with van der Waals surface area (Å²) in [7, 11) is 0. The molecular weight excluding hydrogens is 234 g/mol. The molecule has 2 rings (SSSR count). The average Bonchev–Trinajstić information content (AvgIpc) is 2.71. The van der Waals surface area contributed by atoms with Crippen molar-refractivity contribution in [2.24, 2.45) is 5.73 Å². The first-order chi connectivity index (χ1) is 8.24. The first kappa shape index (κ1) is 12.8. The highest BCUT2D eigenvalue weighted by atomic mass is 32.1. The number of thiazole rings is 1. The number of piperidine rings is 1. The summed E-state index contributed by atoms with van der Waals surface area (Å²) in [4.78, 5) is 8.14. The molecule has 5 heteroatoms. The number of aryl methyl sites for hydroxylation is 1. The third-order valence-electron chi connectivity index (χ3n) is 3.12. The van der Waals surface area contributed by atoms with Gasteiger partial charge in [0.05, 0.1) is 11.8 Å². The zero-order valence-electron chi connectivity index (χ0n) is 10.6. The van der Waals surface area contributed by atoms with Crippen LogP contribution in [0.5, 0.6) is 0 Å². The summed E-state index contributed by atoms with van der Waals surface area (Å²) >= 11 is 1.72. The Kier molecular flexibility index (Phi) is 4.36. The van der Waals surface area contributed by atoms with Crippen LogP contribution in [0, 0.1) is 6.92 Å². The maximum Gasteiger partial charge on any atom is 0.185 e. The number of nitrogens with zero attached hydrogens (tertiary/aromatic N) is 2. The Morgan fingerprint density at radius 1 is 1.59 bits per heavy atom. The molecule has 0 aromatic carbocycles. The topological polar surface area (TPSA) is 51.4 Å². The van der Waals surface area contributed by atoms with E-state index in [0.717, 1.165) is 30.5 Å². The number of hydrogen-bond donors (Lipinski definition) is 1. The molecule has 0 spiro atoms. The number of rotatable bonds is 4. The Morgan fingerprint density at radius 3 is 3.06 bits per heavy atom. The zero-order valence-corrected chi connectivity index (χ0v) is 11.4. The van der Waals surface area contributed by atoms with E-state index < -0.39 is 0 Å². The normalized spacial score (nSPS) is 20.9. The van der Waals surface area contributed by atoms with Crippen LogP contribution in [0.2, 0.25) is 0 Å². The van der Waals surface area contributed by atoms with E-state index in [4.69, 9.17) is 10.5 Å². The molecule has 0 radical (unpaired) electrons. The average molecular weight is 255 g/mol. The Balaban J connectivity index is 2.05. The molecule has 1 aromatic rings. The molecule has 96 valence electrons. The second kappa shape index (κ2) is 5.80. The van der Waals surface area contributed by atoms with Crippen molar-refractivity contribution in [3.05, 3.63) is 10.6 Å². The van der Waals surface area contributed by atoms with Crippen LogP contribution in [-0.2, 0) is 11.3 Å². The minimum Gasteiger partial charge on any atom is -0.377 e. The van der Waals surface area contributed by atoms with E-state index in [2.05, 4.69) is 16.8 Å². The molecule has 1 fully saturated rings. The number of aromatic nitrogens is 1. The molecule has 1 unspecified atom stereocenters. The monoisotopic (exact) mass is 255 g/mol. The molecule has 17 heavy (non-hydrogen) atoms. The van der Waals surface area contributed by atoms with Crippen LogP contribution in [0.25, 0.3) is 0 Å². The predicted molar refractivity (Wildman–Crippen MR) is 71.6 cm³/mol. The third-order valence-corrected chi connectivity index (χ3v) is 4.36. The molecular formula is C12H21N3OS. The first-order valence-corrected chi connectivity index (χ1v) is 7.09. The number of ether oxygens (including phenoxy) is 1. The SMILES string of the molecule is CCOC1CCCN(c2nc(C)c(CN)s2)C1. The summed E-state index contributed by atoms with van der Waals surface area (Å²) in [5.41, 5.74) is 6.77. The van der Waals surface area contributed by atoms with Gasteiger partial charge in [0.1, 0.15) is 0 Å². The fourth-order valence-corrected chi connectivity index (χ4v) is 3.20. The molecule has 1 saturated heterocycles. The molecule has 0 aliphatic carbocycles. The molecule has 1 aliphatic rings. The van der Waals surface area contributed by atoms with Crippen LogP contribution in [0.15, 0.2) is 0 Å². The van der Waals surface area contributed by atoms with Crippen LogP contribution in [0.4, 0.5) is 5.13 Å². The lowest BCUT2D eigenvalue weighted by molar-refractivity contribution is 0.0526. The van der Waals surface area contributed by atoms with Crippen molar-refractivity contribution in [2.45, 2.75) is 39.3 Å². The van der Waals surface area contributed by atoms with Crippen molar-refractivity contribution in [3.63, 3.8) is 0 Å². The van der Waals surface area contributed by atoms with E-state index >= 15 is 0 Å². The van der Waals surface area contributed by atoms with E-state index in [1.54, 1.807) is 11.3 Å². The maximum atomic E-state index is 5.71. The molecule has 1 aromatic heterocycles. The van der Waals surface area contributed by atoms with Gasteiger partial charge in [0.25, 0.3) is 0 Å². The molecule has 2 N–H and O–H groups in total. The van der Waals surface area contributed by atoms with Crippen LogP contribution < -0.4 is 10.6 Å². The minimum absolute atomic E-state index is 0.360. The largest absolute Gasteiger partial charge is 0.377 e. The Hall–Kier alpha value is -0.650. The summed E-state index contributed by atoms with van der Waals surface area (Å²) in [5, 5.41) is 1.10. The Bertz CT molecular complexity index is 365. The summed E-state index contributed by atoms with van der Waals surface area (Å²) in [6.07, 6.45) is 2.71. The Labute approximate surface area is 107 Å². The van der Waals surface area contributed by atoms with Gasteiger partial charge in [-0.05, 0) is 26.7 Å². The fourth-order valence-electron chi connectivity index (χ4n) is 2.22. The van der Waals surface area contributed by atoms with Crippen molar-refractivity contribution < 1.29 is 4.74 Å². The second-order valence-corrected chi connectivity index (χ2v) is 5.44. The van der Waals surface area contributed by atoms with E-state index in [9.17, 15) is 0 Å². The minimum atomic E-state index is 0.360. The molecule has 4 nitrogen and oxygen atoms in total. The van der Waals surface area contributed by atoms with Gasteiger partial charge in [-0.25, -0.2) is 4.98 Å². The van der Waals surface area contributed by atoms with Crippen LogP contribution in [0.1, 0.15) is 30.3 Å². The summed E-state index contributed by atoms with van der Waals surface area (Å²) in [6, 6.07) is 0. The Morgan fingerprint density at radius 2 is 2.41 bits per heavy atom. The van der Waals surface area contributed by atoms with Gasteiger partial charge < -0.3 is 15.4 Å². The van der Waals surface area contributed by atoms with Crippen molar-refractivity contribution in [2.75, 3.05) is 24.6 Å². The molecule has 0 amide bonds. The summed E-state index contributed by atoms with van der Waals surface area (Å²) in [5.74, 6) is 0. The van der Waals surface area contributed by atoms with Gasteiger partial charge in [-0.15, -0.1) is 11.3 Å². The highest BCUT2D eigenvalue weighted by Crippen LogP contribution is 2.28. The van der Waals surface area contributed by atoms with Crippen molar-refractivity contribution in [1.82, 2.24) is 4.98 Å². The lowest BCUT2D eigenvalue weighted by Crippen LogP contribution is -2.39. The first-order valence-electron chi connectivity index (χ1n) is 6.27. The third kappa shape index (κ3) is 2.97. The van der Waals surface area contributed by atoms with Crippen LogP contribution >= 0.6 is 11.3 Å². The number of nitrogens with two attached hydrogens (primary N) is 1. The van der Waals surface area contributed by atoms with Gasteiger partial charge in [-0.3, -0.25) is 0 Å². The zero-order chi connectivity index (χ0) is 12.3. The van der Waals surface area contributed by atoms with Gasteiger partial charge in [0.15, 0.2) is 5.13 Å². The van der Waals surface area contributed by atoms with Crippen LogP contribution in [-0.4, -0.2) is 30.8 Å². The van der Waals surface area contributed by atoms with Gasteiger partial charge in [-0.1, -0.05) is 0 Å². The summed E-state index contributed by atoms with van der Waals surface area (Å²) < 4.78 is 5.71. The van der Waals surface area contributed by atoms with Crippen molar-refractivity contribution >= 4 is 16.5 Å². The van der Waals surface area contributed by atoms with Crippen molar-refractivity contribution in [1.29, 1.82) is 0 Å². The van der Waals surface area contributed by atoms with Crippen molar-refractivity contribution in [3.8, 4) is 0 Å². The quantitative estimate of drug-likeness (QED) is 0.893. The van der Waals surface area contributed by atoms with Crippen LogP contribution in [0.3, 0.4) is 0 Å². The lowest BCUT2D eigenvalue weighted by atomic mass is 10.1. The molecule has 0 saturated carbocycles. The maximum absolute atomic E-state index is 5.71. The molecule has 0 bridgehead atoms. The number of anilines is 1. The van der Waals surface area contributed by atoms with Gasteiger partial charge in [-0.2, -0.15) is 0 Å². The highest BCUT2D eigenvalue weighted by Gasteiger charge is 2.22. The van der Waals surface area contributed by atoms with E-state index in [-0.39, 0.29) is 0 Å². The van der Waals surface area contributed by atoms with E-state index in [1.807, 2.05) is 6.92 Å². The molecule has 1 aliphatic heterocycles. The predicted octanol–water partition coefficient (Wildman–Crippen LogP) is 1.92. The van der Waals surface area contributed by atoms with Gasteiger partial charge in [0, 0.05) is 31.1 Å². The highest BCUT2D eigenvalue weighted by molar-refractivity contribution is 7.15. The standard InChI is InChI=1S/C12H21N3OS/c1-3-16-10-5-4-6-15(8-10)12-14-9(2)11(7-13)17-12/h10H,3-8,13H2,1-2H3. The summed E-state index contributed by atoms with van der Waals surface area (Å²) in [6.45, 7) is 7.52.